The van der Waals surface area contributed by atoms with E-state index in [2.05, 4.69) is 21.4 Å². The van der Waals surface area contributed by atoms with Crippen LogP contribution in [0.5, 0.6) is 0 Å². The monoisotopic (exact) mass is 549 g/mol. The Labute approximate surface area is 241 Å². The van der Waals surface area contributed by atoms with Crippen molar-refractivity contribution >= 4 is 23.7 Å². The van der Waals surface area contributed by atoms with E-state index >= 15 is 0 Å². The molecule has 4 aromatic carbocycles. The van der Waals surface area contributed by atoms with Gasteiger partial charge in [0.25, 0.3) is 11.8 Å². The van der Waals surface area contributed by atoms with Crippen LogP contribution in [0.2, 0.25) is 0 Å². The molecule has 210 valence electrons. The predicted octanol–water partition coefficient (Wildman–Crippen LogP) is 4.98. The molecule has 3 N–H and O–H groups in total. The number of amides is 2. The van der Waals surface area contributed by atoms with Crippen LogP contribution in [-0.4, -0.2) is 32.1 Å². The van der Waals surface area contributed by atoms with Crippen molar-refractivity contribution in [2.24, 2.45) is 5.10 Å². The van der Waals surface area contributed by atoms with E-state index in [-0.39, 0.29) is 11.8 Å². The third-order valence-corrected chi connectivity index (χ3v) is 6.29. The molecule has 0 spiro atoms. The lowest BCUT2D eigenvalue weighted by molar-refractivity contribution is 0.0929. The minimum atomic E-state index is -0.285. The second-order valence-electron chi connectivity index (χ2n) is 9.88. The summed E-state index contributed by atoms with van der Waals surface area (Å²) >= 11 is 0. The first kappa shape index (κ1) is 29.2. The van der Waals surface area contributed by atoms with Crippen LogP contribution in [0.3, 0.4) is 0 Å². The zero-order chi connectivity index (χ0) is 29.0. The van der Waals surface area contributed by atoms with Gasteiger partial charge in [-0.05, 0) is 77.7 Å². The summed E-state index contributed by atoms with van der Waals surface area (Å²) in [6, 6.07) is 30.6. The topological polar surface area (TPSA) is 95.1 Å². The fraction of sp³-hybridized carbons (Fsp3) is 0.182. The molecule has 0 aromatic heterocycles. The van der Waals surface area contributed by atoms with Crippen molar-refractivity contribution in [1.82, 2.24) is 16.3 Å². The Bertz CT molecular complexity index is 1470. The number of carbonyl (C=O) groups excluding carboxylic acids is 2. The maximum absolute atomic E-state index is 12.6. The van der Waals surface area contributed by atoms with E-state index in [9.17, 15) is 9.59 Å². The molecule has 0 atom stereocenters. The number of hydrazone groups is 1. The zero-order valence-corrected chi connectivity index (χ0v) is 23.6. The van der Waals surface area contributed by atoms with Gasteiger partial charge in [0.1, 0.15) is 0 Å². The first-order valence-electron chi connectivity index (χ1n) is 13.3. The smallest absolute Gasteiger partial charge is 0.271 e. The highest BCUT2D eigenvalue weighted by Gasteiger charge is 2.07. The van der Waals surface area contributed by atoms with Crippen molar-refractivity contribution in [2.45, 2.75) is 26.7 Å². The summed E-state index contributed by atoms with van der Waals surface area (Å²) in [5.74, 6) is -0.509. The molecule has 41 heavy (non-hydrogen) atoms. The summed E-state index contributed by atoms with van der Waals surface area (Å²) in [6.45, 7) is 3.23. The van der Waals surface area contributed by atoms with E-state index in [1.54, 1.807) is 30.5 Å². The molecule has 0 radical (unpaired) electrons. The maximum atomic E-state index is 12.6. The van der Waals surface area contributed by atoms with Gasteiger partial charge in [-0.2, -0.15) is 5.10 Å². The van der Waals surface area contributed by atoms with Gasteiger partial charge >= 0.3 is 0 Å². The number of nitrogens with zero attached hydrogens (tertiary/aromatic N) is 2. The molecule has 4 aromatic rings. The number of nitrogens with one attached hydrogen (secondary N) is 3. The molecular weight excluding hydrogens is 514 g/mol. The highest BCUT2D eigenvalue weighted by atomic mass is 16.5. The first-order valence-corrected chi connectivity index (χ1v) is 13.3. The molecule has 8 nitrogen and oxygen atoms in total. The molecule has 0 unspecified atom stereocenters. The lowest BCUT2D eigenvalue weighted by Crippen LogP contribution is -2.36. The Balaban J connectivity index is 1.40. The van der Waals surface area contributed by atoms with Gasteiger partial charge < -0.3 is 9.64 Å². The molecule has 0 saturated carbocycles. The highest BCUT2D eigenvalue weighted by molar-refractivity contribution is 5.95. The number of rotatable bonds is 12. The standard InChI is InChI=1S/C33H35N5O3/c1-24-9-11-29(12-10-24)32(39)36-34-20-26-17-27(19-28(18-26)23-41-22-25-7-5-4-6-8-25)21-35-37-33(40)30-13-15-31(16-14-30)38(2)3/h4-20,35H,21-23H2,1-3H3,(H,36,39)(H,37,40)/b34-20-. The van der Waals surface area contributed by atoms with Crippen LogP contribution in [-0.2, 0) is 24.5 Å². The Hall–Kier alpha value is -4.79. The van der Waals surface area contributed by atoms with E-state index in [0.717, 1.165) is 33.5 Å². The Morgan fingerprint density at radius 1 is 0.780 bits per heavy atom. The van der Waals surface area contributed by atoms with Crippen molar-refractivity contribution in [3.05, 3.63) is 136 Å². The van der Waals surface area contributed by atoms with Gasteiger partial charge in [0, 0.05) is 37.5 Å². The number of aryl methyl sites for hydroxylation is 1. The van der Waals surface area contributed by atoms with Crippen LogP contribution in [0.15, 0.2) is 102 Å². The molecular formula is C33H35N5O3. The average Bonchev–Trinajstić information content (AvgIpc) is 2.98. The third-order valence-electron chi connectivity index (χ3n) is 6.29. The van der Waals surface area contributed by atoms with Crippen LogP contribution in [0.1, 0.15) is 48.5 Å². The average molecular weight is 550 g/mol. The minimum Gasteiger partial charge on any atom is -0.378 e. The van der Waals surface area contributed by atoms with Crippen molar-refractivity contribution in [3.63, 3.8) is 0 Å². The fourth-order valence-electron chi connectivity index (χ4n) is 4.06. The van der Waals surface area contributed by atoms with Crippen LogP contribution in [0, 0.1) is 6.92 Å². The van der Waals surface area contributed by atoms with Crippen LogP contribution in [0.25, 0.3) is 0 Å². The molecule has 0 aliphatic heterocycles. The summed E-state index contributed by atoms with van der Waals surface area (Å²) in [7, 11) is 3.91. The molecule has 8 heteroatoms. The summed E-state index contributed by atoms with van der Waals surface area (Å²) < 4.78 is 5.95. The van der Waals surface area contributed by atoms with Crippen molar-refractivity contribution < 1.29 is 14.3 Å². The van der Waals surface area contributed by atoms with E-state index in [0.29, 0.717) is 30.9 Å². The maximum Gasteiger partial charge on any atom is 0.271 e. The van der Waals surface area contributed by atoms with Crippen molar-refractivity contribution in [1.29, 1.82) is 0 Å². The molecule has 0 aliphatic rings. The van der Waals surface area contributed by atoms with Gasteiger partial charge in [-0.1, -0.05) is 54.1 Å². The van der Waals surface area contributed by atoms with Gasteiger partial charge in [-0.25, -0.2) is 10.9 Å². The molecule has 0 fully saturated rings. The van der Waals surface area contributed by atoms with E-state index in [1.807, 2.05) is 98.7 Å². The largest absolute Gasteiger partial charge is 0.378 e. The Kier molecular flexibility index (Phi) is 10.4. The Morgan fingerprint density at radius 3 is 2.12 bits per heavy atom. The normalized spacial score (nSPS) is 10.9. The second-order valence-corrected chi connectivity index (χ2v) is 9.88. The summed E-state index contributed by atoms with van der Waals surface area (Å²) in [5, 5.41) is 4.16. The van der Waals surface area contributed by atoms with Gasteiger partial charge in [-0.3, -0.25) is 15.0 Å². The summed E-state index contributed by atoms with van der Waals surface area (Å²) in [5.41, 5.74) is 15.3. The number of hydrogen-bond acceptors (Lipinski definition) is 6. The number of benzene rings is 4. The minimum absolute atomic E-state index is 0.224. The molecule has 0 heterocycles. The predicted molar refractivity (Wildman–Crippen MR) is 163 cm³/mol. The third kappa shape index (κ3) is 9.13. The van der Waals surface area contributed by atoms with Crippen LogP contribution < -0.4 is 21.2 Å². The van der Waals surface area contributed by atoms with Crippen molar-refractivity contribution in [3.8, 4) is 0 Å². The molecule has 0 bridgehead atoms. The number of carbonyl (C=O) groups is 2. The van der Waals surface area contributed by atoms with Crippen LogP contribution >= 0.6 is 0 Å². The summed E-state index contributed by atoms with van der Waals surface area (Å²) in [4.78, 5) is 27.0. The van der Waals surface area contributed by atoms with Gasteiger partial charge in [0.15, 0.2) is 0 Å². The molecule has 2 amide bonds. The fourth-order valence-corrected chi connectivity index (χ4v) is 4.06. The number of anilines is 1. The Morgan fingerprint density at radius 2 is 1.41 bits per heavy atom. The molecule has 0 aliphatic carbocycles. The lowest BCUT2D eigenvalue weighted by Gasteiger charge is -2.13. The zero-order valence-electron chi connectivity index (χ0n) is 23.6. The van der Waals surface area contributed by atoms with Crippen molar-refractivity contribution in [2.75, 3.05) is 19.0 Å². The van der Waals surface area contributed by atoms with Gasteiger partial charge in [0.05, 0.1) is 19.4 Å². The second kappa shape index (κ2) is 14.6. The first-order chi connectivity index (χ1) is 19.9. The van der Waals surface area contributed by atoms with Crippen LogP contribution in [0.4, 0.5) is 5.69 Å². The number of hydrogen-bond donors (Lipinski definition) is 3. The highest BCUT2D eigenvalue weighted by Crippen LogP contribution is 2.14. The molecule has 0 saturated heterocycles. The van der Waals surface area contributed by atoms with E-state index in [1.165, 1.54) is 0 Å². The van der Waals surface area contributed by atoms with E-state index < -0.39 is 0 Å². The number of ether oxygens (including phenoxy) is 1. The SMILES string of the molecule is Cc1ccc(C(=O)N/N=C\c2cc(CNNC(=O)c3ccc(N(C)C)cc3)cc(COCc3ccccc3)c2)cc1. The van der Waals surface area contributed by atoms with Gasteiger partial charge in [-0.15, -0.1) is 0 Å². The quantitative estimate of drug-likeness (QED) is 0.171. The summed E-state index contributed by atoms with van der Waals surface area (Å²) in [6.07, 6.45) is 1.60. The van der Waals surface area contributed by atoms with Gasteiger partial charge in [0.2, 0.25) is 0 Å². The lowest BCUT2D eigenvalue weighted by atomic mass is 10.1. The van der Waals surface area contributed by atoms with E-state index in [4.69, 9.17) is 4.74 Å². The molecule has 4 rings (SSSR count). The number of hydrazine groups is 1.